The van der Waals surface area contributed by atoms with E-state index in [9.17, 15) is 14.4 Å². The van der Waals surface area contributed by atoms with Crippen LogP contribution in [-0.4, -0.2) is 40.1 Å². The lowest BCUT2D eigenvalue weighted by molar-refractivity contribution is 0.0579. The minimum absolute atomic E-state index is 0.104. The van der Waals surface area contributed by atoms with Gasteiger partial charge < -0.3 is 9.84 Å². The molecule has 0 saturated heterocycles. The topological polar surface area (TPSA) is 109 Å². The van der Waals surface area contributed by atoms with Crippen LogP contribution in [0.1, 0.15) is 36.9 Å². The Morgan fingerprint density at radius 2 is 1.95 bits per heavy atom. The summed E-state index contributed by atoms with van der Waals surface area (Å²) in [5.74, 6) is -3.08. The number of methoxy groups -OCH3 is 1. The van der Waals surface area contributed by atoms with Crippen LogP contribution in [0.3, 0.4) is 0 Å². The van der Waals surface area contributed by atoms with Gasteiger partial charge in [-0.3, -0.25) is 9.89 Å². The summed E-state index contributed by atoms with van der Waals surface area (Å²) in [4.78, 5) is 35.2. The van der Waals surface area contributed by atoms with E-state index < -0.39 is 29.0 Å². The van der Waals surface area contributed by atoms with Gasteiger partial charge in [0.15, 0.2) is 5.69 Å². The van der Waals surface area contributed by atoms with Gasteiger partial charge in [0.1, 0.15) is 11.3 Å². The fourth-order valence-electron chi connectivity index (χ4n) is 1.73. The van der Waals surface area contributed by atoms with Crippen LogP contribution in [0.5, 0.6) is 0 Å². The standard InChI is InChI=1S/C13H9ClN2O5/c1-21-13(20)8-9(15-16-10(8)12(18)19)11(17)6-4-2-3-5-7(6)14/h2-5H,1H3,(H,15,16)(H,18,19). The number of halogens is 1. The number of aromatic amines is 1. The zero-order valence-electron chi connectivity index (χ0n) is 10.7. The summed E-state index contributed by atoms with van der Waals surface area (Å²) in [6, 6.07) is 6.16. The Balaban J connectivity index is 2.59. The van der Waals surface area contributed by atoms with Crippen molar-refractivity contribution in [1.29, 1.82) is 0 Å². The van der Waals surface area contributed by atoms with Crippen LogP contribution in [0.2, 0.25) is 5.02 Å². The predicted octanol–water partition coefficient (Wildman–Crippen LogP) is 1.78. The summed E-state index contributed by atoms with van der Waals surface area (Å²) in [6.07, 6.45) is 0. The number of H-pyrrole nitrogens is 1. The largest absolute Gasteiger partial charge is 0.477 e. The van der Waals surface area contributed by atoms with E-state index in [2.05, 4.69) is 14.9 Å². The van der Waals surface area contributed by atoms with Crippen molar-refractivity contribution in [1.82, 2.24) is 10.2 Å². The molecule has 0 radical (unpaired) electrons. The second-order valence-corrected chi connectivity index (χ2v) is 4.34. The number of benzene rings is 1. The van der Waals surface area contributed by atoms with Crippen molar-refractivity contribution in [3.8, 4) is 0 Å². The smallest absolute Gasteiger partial charge is 0.354 e. The summed E-state index contributed by atoms with van der Waals surface area (Å²) in [6.45, 7) is 0. The average molecular weight is 309 g/mol. The Bertz CT molecular complexity index is 738. The Morgan fingerprint density at radius 3 is 2.52 bits per heavy atom. The van der Waals surface area contributed by atoms with E-state index >= 15 is 0 Å². The quantitative estimate of drug-likeness (QED) is 0.658. The van der Waals surface area contributed by atoms with Crippen LogP contribution in [0.15, 0.2) is 24.3 Å². The third-order valence-electron chi connectivity index (χ3n) is 2.70. The molecule has 0 aliphatic heterocycles. The molecule has 0 saturated carbocycles. The maximum Gasteiger partial charge on any atom is 0.354 e. The summed E-state index contributed by atoms with van der Waals surface area (Å²) in [5, 5.41) is 14.9. The van der Waals surface area contributed by atoms with Crippen LogP contribution >= 0.6 is 11.6 Å². The molecule has 0 amide bonds. The number of aromatic carboxylic acids is 1. The molecule has 0 fully saturated rings. The number of esters is 1. The number of aromatic nitrogens is 2. The van der Waals surface area contributed by atoms with E-state index in [1.165, 1.54) is 12.1 Å². The molecule has 7 nitrogen and oxygen atoms in total. The van der Waals surface area contributed by atoms with Crippen molar-refractivity contribution in [2.75, 3.05) is 7.11 Å². The van der Waals surface area contributed by atoms with Gasteiger partial charge in [-0.15, -0.1) is 0 Å². The van der Waals surface area contributed by atoms with Crippen molar-refractivity contribution < 1.29 is 24.2 Å². The minimum Gasteiger partial charge on any atom is -0.477 e. The zero-order chi connectivity index (χ0) is 15.6. The summed E-state index contributed by atoms with van der Waals surface area (Å²) < 4.78 is 4.49. The lowest BCUT2D eigenvalue weighted by atomic mass is 10.0. The van der Waals surface area contributed by atoms with Gasteiger partial charge in [-0.05, 0) is 12.1 Å². The average Bonchev–Trinajstić information content (AvgIpc) is 2.91. The summed E-state index contributed by atoms with van der Waals surface area (Å²) >= 11 is 5.91. The van der Waals surface area contributed by atoms with Gasteiger partial charge in [0.25, 0.3) is 0 Å². The molecule has 2 rings (SSSR count). The van der Waals surface area contributed by atoms with E-state index in [4.69, 9.17) is 16.7 Å². The number of nitrogens with one attached hydrogen (secondary N) is 1. The van der Waals surface area contributed by atoms with Crippen LogP contribution < -0.4 is 0 Å². The number of hydrogen-bond donors (Lipinski definition) is 2. The maximum absolute atomic E-state index is 12.4. The molecule has 8 heteroatoms. The molecule has 0 spiro atoms. The maximum atomic E-state index is 12.4. The molecule has 108 valence electrons. The molecule has 0 unspecified atom stereocenters. The zero-order valence-corrected chi connectivity index (χ0v) is 11.5. The molecule has 1 aromatic heterocycles. The Kier molecular flexibility index (Phi) is 4.04. The summed E-state index contributed by atoms with van der Waals surface area (Å²) in [5.41, 5.74) is -1.20. The fourth-order valence-corrected chi connectivity index (χ4v) is 1.96. The van der Waals surface area contributed by atoms with Gasteiger partial charge in [0.05, 0.1) is 12.1 Å². The molecule has 0 bridgehead atoms. The second-order valence-electron chi connectivity index (χ2n) is 3.93. The van der Waals surface area contributed by atoms with Crippen molar-refractivity contribution >= 4 is 29.3 Å². The van der Waals surface area contributed by atoms with Crippen LogP contribution in [0.25, 0.3) is 0 Å². The molecule has 0 aliphatic carbocycles. The first-order valence-corrected chi connectivity index (χ1v) is 6.04. The van der Waals surface area contributed by atoms with Crippen molar-refractivity contribution in [2.24, 2.45) is 0 Å². The van der Waals surface area contributed by atoms with Crippen LogP contribution in [-0.2, 0) is 4.74 Å². The second kappa shape index (κ2) is 5.76. The molecule has 1 heterocycles. The Labute approximate surface area is 123 Å². The normalized spacial score (nSPS) is 10.2. The van der Waals surface area contributed by atoms with Crippen molar-refractivity contribution in [2.45, 2.75) is 0 Å². The third kappa shape index (κ3) is 2.63. The number of rotatable bonds is 4. The van der Waals surface area contributed by atoms with Crippen LogP contribution in [0.4, 0.5) is 0 Å². The number of carbonyl (C=O) groups excluding carboxylic acids is 2. The lowest BCUT2D eigenvalue weighted by Gasteiger charge is -2.03. The molecule has 2 aromatic rings. The minimum atomic E-state index is -1.43. The van der Waals surface area contributed by atoms with E-state index in [0.29, 0.717) is 0 Å². The molecular weight excluding hydrogens is 300 g/mol. The number of nitrogens with zero attached hydrogens (tertiary/aromatic N) is 1. The molecule has 0 atom stereocenters. The molecule has 21 heavy (non-hydrogen) atoms. The Hall–Kier alpha value is -2.67. The number of hydrogen-bond acceptors (Lipinski definition) is 5. The number of ketones is 1. The summed E-state index contributed by atoms with van der Waals surface area (Å²) in [7, 11) is 1.07. The number of carboxylic acid groups (broad SMARTS) is 1. The first-order valence-electron chi connectivity index (χ1n) is 5.66. The van der Waals surface area contributed by atoms with Crippen molar-refractivity contribution in [3.63, 3.8) is 0 Å². The van der Waals surface area contributed by atoms with E-state index in [0.717, 1.165) is 7.11 Å². The molecular formula is C13H9ClN2O5. The highest BCUT2D eigenvalue weighted by molar-refractivity contribution is 6.35. The van der Waals surface area contributed by atoms with E-state index in [-0.39, 0.29) is 16.3 Å². The lowest BCUT2D eigenvalue weighted by Crippen LogP contribution is -2.14. The number of carboxylic acids is 1. The van der Waals surface area contributed by atoms with Gasteiger partial charge in [0.2, 0.25) is 5.78 Å². The predicted molar refractivity (Wildman–Crippen MR) is 71.8 cm³/mol. The molecule has 1 aromatic carbocycles. The first-order chi connectivity index (χ1) is 9.97. The fraction of sp³-hybridized carbons (Fsp3) is 0.0769. The number of carbonyl (C=O) groups is 3. The van der Waals surface area contributed by atoms with Gasteiger partial charge >= 0.3 is 11.9 Å². The highest BCUT2D eigenvalue weighted by Gasteiger charge is 2.30. The first kappa shape index (κ1) is 14.7. The van der Waals surface area contributed by atoms with Gasteiger partial charge in [-0.25, -0.2) is 9.59 Å². The van der Waals surface area contributed by atoms with Crippen molar-refractivity contribution in [3.05, 3.63) is 51.8 Å². The highest BCUT2D eigenvalue weighted by atomic mass is 35.5. The van der Waals surface area contributed by atoms with Gasteiger partial charge in [0, 0.05) is 5.56 Å². The van der Waals surface area contributed by atoms with Gasteiger partial charge in [-0.1, -0.05) is 23.7 Å². The molecule has 2 N–H and O–H groups in total. The number of ether oxygens (including phenoxy) is 1. The highest BCUT2D eigenvalue weighted by Crippen LogP contribution is 2.22. The monoisotopic (exact) mass is 308 g/mol. The van der Waals surface area contributed by atoms with E-state index in [1.54, 1.807) is 12.1 Å². The molecule has 0 aliphatic rings. The van der Waals surface area contributed by atoms with Crippen LogP contribution in [0, 0.1) is 0 Å². The van der Waals surface area contributed by atoms with Gasteiger partial charge in [-0.2, -0.15) is 5.10 Å². The third-order valence-corrected chi connectivity index (χ3v) is 3.03. The SMILES string of the molecule is COC(=O)c1c(C(=O)c2ccccc2Cl)n[nH]c1C(=O)O. The Morgan fingerprint density at radius 1 is 1.29 bits per heavy atom. The van der Waals surface area contributed by atoms with E-state index in [1.807, 2.05) is 0 Å².